The second-order valence-electron chi connectivity index (χ2n) is 6.83. The van der Waals surface area contributed by atoms with Crippen LogP contribution < -0.4 is 15.3 Å². The number of rotatable bonds is 4. The SMILES string of the molecule is Cc1c[nH]c(=O)n1-c1ccccc1NC(=O)c1cccc(N2CCCS2(=O)=O)c1. The molecule has 1 aromatic heterocycles. The van der Waals surface area contributed by atoms with Crippen LogP contribution in [0.4, 0.5) is 11.4 Å². The highest BCUT2D eigenvalue weighted by Crippen LogP contribution is 2.26. The van der Waals surface area contributed by atoms with Crippen molar-refractivity contribution >= 4 is 27.3 Å². The van der Waals surface area contributed by atoms with E-state index in [9.17, 15) is 18.0 Å². The Morgan fingerprint density at radius 1 is 1.14 bits per heavy atom. The number of anilines is 2. The first-order chi connectivity index (χ1) is 13.9. The topological polar surface area (TPSA) is 104 Å². The minimum atomic E-state index is -3.33. The predicted octanol–water partition coefficient (Wildman–Crippen LogP) is 2.27. The van der Waals surface area contributed by atoms with Gasteiger partial charge in [0.25, 0.3) is 5.91 Å². The number of imidazole rings is 1. The van der Waals surface area contributed by atoms with Crippen molar-refractivity contribution in [2.45, 2.75) is 13.3 Å². The average molecular weight is 412 g/mol. The van der Waals surface area contributed by atoms with Crippen LogP contribution in [-0.2, 0) is 10.0 Å². The molecule has 0 unspecified atom stereocenters. The molecule has 0 spiro atoms. The Hall–Kier alpha value is -3.33. The molecule has 1 saturated heterocycles. The number of hydrogen-bond acceptors (Lipinski definition) is 4. The molecule has 0 radical (unpaired) electrons. The van der Waals surface area contributed by atoms with Crippen molar-refractivity contribution < 1.29 is 13.2 Å². The Morgan fingerprint density at radius 2 is 1.93 bits per heavy atom. The number of para-hydroxylation sites is 2. The molecule has 3 aromatic rings. The van der Waals surface area contributed by atoms with Gasteiger partial charge in [0.05, 0.1) is 22.8 Å². The van der Waals surface area contributed by atoms with E-state index in [4.69, 9.17) is 0 Å². The molecule has 1 fully saturated rings. The van der Waals surface area contributed by atoms with Crippen LogP contribution in [0, 0.1) is 6.92 Å². The van der Waals surface area contributed by atoms with Gasteiger partial charge in [-0.15, -0.1) is 0 Å². The van der Waals surface area contributed by atoms with Crippen LogP contribution in [0.1, 0.15) is 22.5 Å². The second kappa shape index (κ2) is 7.25. The van der Waals surface area contributed by atoms with Crippen molar-refractivity contribution in [3.8, 4) is 5.69 Å². The summed E-state index contributed by atoms with van der Waals surface area (Å²) in [6.45, 7) is 2.20. The Bertz CT molecular complexity index is 1240. The van der Waals surface area contributed by atoms with Crippen LogP contribution in [0.3, 0.4) is 0 Å². The van der Waals surface area contributed by atoms with Gasteiger partial charge in [-0.25, -0.2) is 13.2 Å². The first-order valence-corrected chi connectivity index (χ1v) is 10.8. The number of carbonyl (C=O) groups is 1. The van der Waals surface area contributed by atoms with Gasteiger partial charge in [0.2, 0.25) is 10.0 Å². The minimum absolute atomic E-state index is 0.113. The van der Waals surface area contributed by atoms with Gasteiger partial charge >= 0.3 is 5.69 Å². The normalized spacial score (nSPS) is 15.4. The number of sulfonamides is 1. The molecule has 1 amide bonds. The van der Waals surface area contributed by atoms with Crippen molar-refractivity contribution in [2.24, 2.45) is 0 Å². The lowest BCUT2D eigenvalue weighted by Crippen LogP contribution is -2.25. The molecule has 150 valence electrons. The molecular weight excluding hydrogens is 392 g/mol. The highest BCUT2D eigenvalue weighted by atomic mass is 32.2. The predicted molar refractivity (Wildman–Crippen MR) is 111 cm³/mol. The van der Waals surface area contributed by atoms with E-state index < -0.39 is 15.9 Å². The average Bonchev–Trinajstić information content (AvgIpc) is 3.23. The lowest BCUT2D eigenvalue weighted by Gasteiger charge is -2.18. The van der Waals surface area contributed by atoms with Gasteiger partial charge in [0.1, 0.15) is 0 Å². The number of H-pyrrole nitrogens is 1. The number of amides is 1. The summed E-state index contributed by atoms with van der Waals surface area (Å²) in [6.07, 6.45) is 2.16. The van der Waals surface area contributed by atoms with Crippen LogP contribution in [0.5, 0.6) is 0 Å². The smallest absolute Gasteiger partial charge is 0.320 e. The summed E-state index contributed by atoms with van der Waals surface area (Å²) >= 11 is 0. The fourth-order valence-electron chi connectivity index (χ4n) is 3.46. The van der Waals surface area contributed by atoms with E-state index in [2.05, 4.69) is 10.3 Å². The fourth-order valence-corrected chi connectivity index (χ4v) is 5.01. The zero-order valence-corrected chi connectivity index (χ0v) is 16.6. The highest BCUT2D eigenvalue weighted by Gasteiger charge is 2.28. The van der Waals surface area contributed by atoms with Gasteiger partial charge in [0, 0.05) is 24.0 Å². The minimum Gasteiger partial charge on any atom is -0.320 e. The van der Waals surface area contributed by atoms with E-state index in [0.717, 1.165) is 0 Å². The van der Waals surface area contributed by atoms with Crippen LogP contribution >= 0.6 is 0 Å². The summed E-state index contributed by atoms with van der Waals surface area (Å²) in [7, 11) is -3.33. The maximum atomic E-state index is 12.9. The first-order valence-electron chi connectivity index (χ1n) is 9.15. The zero-order chi connectivity index (χ0) is 20.6. The van der Waals surface area contributed by atoms with Crippen molar-refractivity contribution in [3.05, 3.63) is 76.5 Å². The molecule has 1 aliphatic rings. The Kier molecular flexibility index (Phi) is 4.75. The Morgan fingerprint density at radius 3 is 2.62 bits per heavy atom. The van der Waals surface area contributed by atoms with E-state index in [1.807, 2.05) is 0 Å². The second-order valence-corrected chi connectivity index (χ2v) is 8.85. The molecule has 0 aliphatic carbocycles. The molecule has 2 N–H and O–H groups in total. The molecular formula is C20H20N4O4S. The Labute approximate surface area is 167 Å². The highest BCUT2D eigenvalue weighted by molar-refractivity contribution is 7.93. The summed E-state index contributed by atoms with van der Waals surface area (Å²) in [4.78, 5) is 27.6. The van der Waals surface area contributed by atoms with Crippen LogP contribution in [-0.4, -0.2) is 36.2 Å². The quantitative estimate of drug-likeness (QED) is 0.686. The number of hydrogen-bond donors (Lipinski definition) is 2. The van der Waals surface area contributed by atoms with E-state index in [0.29, 0.717) is 41.3 Å². The lowest BCUT2D eigenvalue weighted by molar-refractivity contribution is 0.102. The number of aromatic nitrogens is 2. The molecule has 2 heterocycles. The number of carbonyl (C=O) groups excluding carboxylic acids is 1. The van der Waals surface area contributed by atoms with Crippen LogP contribution in [0.25, 0.3) is 5.69 Å². The van der Waals surface area contributed by atoms with Gasteiger partial charge in [-0.05, 0) is 43.7 Å². The molecule has 0 bridgehead atoms. The van der Waals surface area contributed by atoms with E-state index in [-0.39, 0.29) is 11.4 Å². The van der Waals surface area contributed by atoms with E-state index in [1.54, 1.807) is 61.7 Å². The third kappa shape index (κ3) is 3.56. The zero-order valence-electron chi connectivity index (χ0n) is 15.8. The maximum absolute atomic E-state index is 12.9. The summed E-state index contributed by atoms with van der Waals surface area (Å²) in [5.41, 5.74) is 2.23. The largest absolute Gasteiger partial charge is 0.330 e. The van der Waals surface area contributed by atoms with Gasteiger partial charge in [-0.3, -0.25) is 13.7 Å². The third-order valence-corrected chi connectivity index (χ3v) is 6.72. The summed E-state index contributed by atoms with van der Waals surface area (Å²) in [5.74, 6) is -0.279. The van der Waals surface area contributed by atoms with Crippen molar-refractivity contribution in [1.29, 1.82) is 0 Å². The number of aromatic amines is 1. The number of nitrogens with one attached hydrogen (secondary N) is 2. The van der Waals surface area contributed by atoms with Gasteiger partial charge in [-0.2, -0.15) is 0 Å². The molecule has 29 heavy (non-hydrogen) atoms. The molecule has 0 atom stereocenters. The maximum Gasteiger partial charge on any atom is 0.330 e. The standard InChI is InChI=1S/C20H20N4O4S/c1-14-13-21-20(26)24(14)18-9-3-2-8-17(18)22-19(25)15-6-4-7-16(12-15)23-10-5-11-29(23,27)28/h2-4,6-9,12-13H,5,10-11H2,1H3,(H,21,26)(H,22,25). The molecule has 4 rings (SSSR count). The van der Waals surface area contributed by atoms with Gasteiger partial charge < -0.3 is 10.3 Å². The van der Waals surface area contributed by atoms with Gasteiger partial charge in [-0.1, -0.05) is 18.2 Å². The number of aryl methyl sites for hydroxylation is 1. The molecule has 0 saturated carbocycles. The molecule has 1 aliphatic heterocycles. The summed E-state index contributed by atoms with van der Waals surface area (Å²) in [5, 5.41) is 2.83. The monoisotopic (exact) mass is 412 g/mol. The first kappa shape index (κ1) is 19.0. The number of nitrogens with zero attached hydrogens (tertiary/aromatic N) is 2. The molecule has 8 nitrogen and oxygen atoms in total. The van der Waals surface area contributed by atoms with Crippen LogP contribution in [0.2, 0.25) is 0 Å². The van der Waals surface area contributed by atoms with Gasteiger partial charge in [0.15, 0.2) is 0 Å². The van der Waals surface area contributed by atoms with Crippen LogP contribution in [0.15, 0.2) is 59.5 Å². The molecule has 2 aromatic carbocycles. The number of benzene rings is 2. The lowest BCUT2D eigenvalue weighted by atomic mass is 10.1. The fraction of sp³-hybridized carbons (Fsp3) is 0.200. The third-order valence-electron chi connectivity index (χ3n) is 4.85. The van der Waals surface area contributed by atoms with Crippen molar-refractivity contribution in [2.75, 3.05) is 21.9 Å². The van der Waals surface area contributed by atoms with E-state index in [1.165, 1.54) is 8.87 Å². The van der Waals surface area contributed by atoms with E-state index >= 15 is 0 Å². The summed E-state index contributed by atoms with van der Waals surface area (Å²) < 4.78 is 27.1. The molecule has 9 heteroatoms. The summed E-state index contributed by atoms with van der Waals surface area (Å²) in [6, 6.07) is 13.5. The van der Waals surface area contributed by atoms with Crippen molar-refractivity contribution in [1.82, 2.24) is 9.55 Å². The Balaban J connectivity index is 1.65. The van der Waals surface area contributed by atoms with Crippen molar-refractivity contribution in [3.63, 3.8) is 0 Å².